The molecule has 0 unspecified atom stereocenters. The zero-order chi connectivity index (χ0) is 13.8. The van der Waals surface area contributed by atoms with Crippen LogP contribution in [0.5, 0.6) is 0 Å². The quantitative estimate of drug-likeness (QED) is 0.851. The molecule has 4 nitrogen and oxygen atoms in total. The highest BCUT2D eigenvalue weighted by atomic mass is 79.9. The second-order valence-electron chi connectivity index (χ2n) is 3.97. The second-order valence-corrected chi connectivity index (χ2v) is 7.07. The number of rotatable bonds is 6. The van der Waals surface area contributed by atoms with Crippen LogP contribution < -0.4 is 4.72 Å². The molecule has 0 spiro atoms. The molecule has 0 saturated carbocycles. The number of sulfonamides is 1. The van der Waals surface area contributed by atoms with Crippen molar-refractivity contribution in [3.63, 3.8) is 0 Å². The van der Waals surface area contributed by atoms with Gasteiger partial charge in [-0.3, -0.25) is 4.72 Å². The molecule has 0 fully saturated rings. The molecule has 0 aliphatic heterocycles. The molecular weight excluding hydrogens is 342 g/mol. The fraction of sp³-hybridized carbons (Fsp3) is 0.455. The molecule has 0 heterocycles. The lowest BCUT2D eigenvalue weighted by Gasteiger charge is -2.10. The van der Waals surface area contributed by atoms with Gasteiger partial charge in [0.15, 0.2) is 0 Å². The van der Waals surface area contributed by atoms with Crippen LogP contribution in [0, 0.1) is 0 Å². The van der Waals surface area contributed by atoms with E-state index in [1.165, 1.54) is 0 Å². The Bertz CT molecular complexity index is 505. The number of hydrogen-bond acceptors (Lipinski definition) is 3. The predicted molar refractivity (Wildman–Crippen MR) is 77.6 cm³/mol. The van der Waals surface area contributed by atoms with Gasteiger partial charge in [-0.05, 0) is 48.0 Å². The van der Waals surface area contributed by atoms with Crippen molar-refractivity contribution >= 4 is 43.2 Å². The number of nitrogens with one attached hydrogen (secondary N) is 1. The van der Waals surface area contributed by atoms with Gasteiger partial charge in [0.1, 0.15) is 0 Å². The van der Waals surface area contributed by atoms with Crippen molar-refractivity contribution in [3.8, 4) is 0 Å². The molecule has 0 amide bonds. The third-order valence-corrected chi connectivity index (χ3v) is 4.46. The van der Waals surface area contributed by atoms with E-state index in [4.69, 9.17) is 16.3 Å². The number of hydrogen-bond donors (Lipinski definition) is 1. The van der Waals surface area contributed by atoms with Crippen LogP contribution in [0.4, 0.5) is 5.69 Å². The minimum absolute atomic E-state index is 0.0184. The van der Waals surface area contributed by atoms with Crippen molar-refractivity contribution in [2.75, 3.05) is 17.1 Å². The van der Waals surface area contributed by atoms with Gasteiger partial charge in [0.25, 0.3) is 0 Å². The zero-order valence-electron chi connectivity index (χ0n) is 10.1. The van der Waals surface area contributed by atoms with Crippen molar-refractivity contribution in [2.45, 2.75) is 20.0 Å². The highest BCUT2D eigenvalue weighted by Crippen LogP contribution is 2.25. The first-order valence-electron chi connectivity index (χ1n) is 5.37. The number of benzene rings is 1. The monoisotopic (exact) mass is 355 g/mol. The SMILES string of the molecule is CC(C)OCCS(=O)(=O)Nc1ccc(Cl)c(Br)c1. The molecule has 0 aliphatic rings. The Hall–Kier alpha value is -0.300. The van der Waals surface area contributed by atoms with Crippen LogP contribution in [0.2, 0.25) is 5.02 Å². The lowest BCUT2D eigenvalue weighted by atomic mass is 10.3. The summed E-state index contributed by atoms with van der Waals surface area (Å²) >= 11 is 9.06. The Labute approximate surface area is 121 Å². The van der Waals surface area contributed by atoms with Crippen molar-refractivity contribution in [2.24, 2.45) is 0 Å². The van der Waals surface area contributed by atoms with Gasteiger partial charge in [-0.25, -0.2) is 8.42 Å². The fourth-order valence-electron chi connectivity index (χ4n) is 1.18. The van der Waals surface area contributed by atoms with Gasteiger partial charge in [0.05, 0.1) is 23.5 Å². The normalized spacial score (nSPS) is 11.8. The maximum Gasteiger partial charge on any atom is 0.235 e. The molecule has 7 heteroatoms. The molecule has 0 bridgehead atoms. The molecule has 0 radical (unpaired) electrons. The largest absolute Gasteiger partial charge is 0.378 e. The number of halogens is 2. The lowest BCUT2D eigenvalue weighted by Crippen LogP contribution is -2.21. The topological polar surface area (TPSA) is 55.4 Å². The highest BCUT2D eigenvalue weighted by molar-refractivity contribution is 9.10. The summed E-state index contributed by atoms with van der Waals surface area (Å²) in [5.41, 5.74) is 0.468. The van der Waals surface area contributed by atoms with Gasteiger partial charge >= 0.3 is 0 Å². The molecule has 0 aromatic heterocycles. The van der Waals surface area contributed by atoms with Crippen LogP contribution in [0.15, 0.2) is 22.7 Å². The first kappa shape index (κ1) is 15.8. The summed E-state index contributed by atoms with van der Waals surface area (Å²) in [5, 5.41) is 0.529. The van der Waals surface area contributed by atoms with Gasteiger partial charge in [0, 0.05) is 10.2 Å². The van der Waals surface area contributed by atoms with Gasteiger partial charge in [-0.15, -0.1) is 0 Å². The van der Waals surface area contributed by atoms with Crippen molar-refractivity contribution in [3.05, 3.63) is 27.7 Å². The Balaban J connectivity index is 2.62. The van der Waals surface area contributed by atoms with E-state index in [0.29, 0.717) is 15.2 Å². The van der Waals surface area contributed by atoms with Gasteiger partial charge < -0.3 is 4.74 Å². The smallest absolute Gasteiger partial charge is 0.235 e. The molecule has 1 aromatic rings. The molecule has 1 rings (SSSR count). The summed E-state index contributed by atoms with van der Waals surface area (Å²) in [5.74, 6) is -0.0780. The standard InChI is InChI=1S/C11H15BrClNO3S/c1-8(2)17-5-6-18(15,16)14-9-3-4-11(13)10(12)7-9/h3-4,7-8,14H,5-6H2,1-2H3. The number of ether oxygens (including phenoxy) is 1. The highest BCUT2D eigenvalue weighted by Gasteiger charge is 2.11. The first-order chi connectivity index (χ1) is 8.30. The third kappa shape index (κ3) is 5.56. The zero-order valence-corrected chi connectivity index (χ0v) is 13.3. The molecule has 0 saturated heterocycles. The van der Waals surface area contributed by atoms with Crippen LogP contribution in [-0.2, 0) is 14.8 Å². The molecule has 1 aromatic carbocycles. The lowest BCUT2D eigenvalue weighted by molar-refractivity contribution is 0.0913. The minimum Gasteiger partial charge on any atom is -0.378 e. The second kappa shape index (κ2) is 6.75. The average molecular weight is 357 g/mol. The Morgan fingerprint density at radius 3 is 2.67 bits per heavy atom. The molecule has 0 atom stereocenters. The van der Waals surface area contributed by atoms with Crippen LogP contribution >= 0.6 is 27.5 Å². The van der Waals surface area contributed by atoms with E-state index in [1.807, 2.05) is 13.8 Å². The average Bonchev–Trinajstić information content (AvgIpc) is 2.22. The molecular formula is C11H15BrClNO3S. The first-order valence-corrected chi connectivity index (χ1v) is 8.19. The summed E-state index contributed by atoms with van der Waals surface area (Å²) in [7, 11) is -3.40. The van der Waals surface area contributed by atoms with Crippen LogP contribution in [0.25, 0.3) is 0 Å². The predicted octanol–water partition coefficient (Wildman–Crippen LogP) is 3.27. The Kier molecular flexibility index (Phi) is 5.91. The van der Waals surface area contributed by atoms with E-state index >= 15 is 0 Å². The summed E-state index contributed by atoms with van der Waals surface area (Å²) in [4.78, 5) is 0. The number of anilines is 1. The van der Waals surface area contributed by atoms with E-state index < -0.39 is 10.0 Å². The van der Waals surface area contributed by atoms with Gasteiger partial charge in [-0.2, -0.15) is 0 Å². The summed E-state index contributed by atoms with van der Waals surface area (Å²) < 4.78 is 31.8. The minimum atomic E-state index is -3.40. The third-order valence-electron chi connectivity index (χ3n) is 2.00. The molecule has 1 N–H and O–H groups in total. The van der Waals surface area contributed by atoms with Crippen molar-refractivity contribution in [1.82, 2.24) is 0 Å². The Morgan fingerprint density at radius 1 is 1.44 bits per heavy atom. The summed E-state index contributed by atoms with van der Waals surface area (Å²) in [6.07, 6.45) is 0.0184. The van der Waals surface area contributed by atoms with E-state index in [2.05, 4.69) is 20.7 Å². The maximum absolute atomic E-state index is 11.7. The van der Waals surface area contributed by atoms with Crippen LogP contribution in [-0.4, -0.2) is 26.9 Å². The van der Waals surface area contributed by atoms with Gasteiger partial charge in [-0.1, -0.05) is 11.6 Å². The van der Waals surface area contributed by atoms with E-state index in [9.17, 15) is 8.42 Å². The van der Waals surface area contributed by atoms with Crippen molar-refractivity contribution < 1.29 is 13.2 Å². The molecule has 0 aliphatic carbocycles. The fourth-order valence-corrected chi connectivity index (χ4v) is 2.58. The van der Waals surface area contributed by atoms with Gasteiger partial charge in [0.2, 0.25) is 10.0 Å². The van der Waals surface area contributed by atoms with Crippen LogP contribution in [0.3, 0.4) is 0 Å². The molecule has 102 valence electrons. The summed E-state index contributed by atoms with van der Waals surface area (Å²) in [6.45, 7) is 3.88. The van der Waals surface area contributed by atoms with E-state index in [-0.39, 0.29) is 18.5 Å². The maximum atomic E-state index is 11.7. The Morgan fingerprint density at radius 2 is 2.11 bits per heavy atom. The van der Waals surface area contributed by atoms with E-state index in [0.717, 1.165) is 0 Å². The van der Waals surface area contributed by atoms with Crippen molar-refractivity contribution in [1.29, 1.82) is 0 Å². The molecule has 18 heavy (non-hydrogen) atoms. The van der Waals surface area contributed by atoms with Crippen LogP contribution in [0.1, 0.15) is 13.8 Å². The van der Waals surface area contributed by atoms with E-state index in [1.54, 1.807) is 18.2 Å². The summed E-state index contributed by atoms with van der Waals surface area (Å²) in [6, 6.07) is 4.84.